The second kappa shape index (κ2) is 12.0. The summed E-state index contributed by atoms with van der Waals surface area (Å²) >= 11 is 0. The number of hydrogen-bond acceptors (Lipinski definition) is 6. The standard InChI is InChI=1S/C29H30N4O6S/c34-27-17-21(19-33(27)24-5-2-1-3-6-24)29(36)32-22-10-8-20(9-11-22)28(35)31-23-12-14-26(15-13-23)40(37,38)30-18-25-7-4-16-39-25/h1-3,5-6,8-15,21,25,30H,4,7,16-19H2,(H,31,35)(H,32,36). The summed E-state index contributed by atoms with van der Waals surface area (Å²) in [5, 5.41) is 5.56. The van der Waals surface area contributed by atoms with Crippen LogP contribution in [0, 0.1) is 5.92 Å². The van der Waals surface area contributed by atoms with E-state index in [1.54, 1.807) is 29.2 Å². The number of nitrogens with one attached hydrogen (secondary N) is 3. The lowest BCUT2D eigenvalue weighted by molar-refractivity contribution is -0.122. The number of benzene rings is 3. The van der Waals surface area contributed by atoms with Crippen molar-refractivity contribution in [3.8, 4) is 0 Å². The van der Waals surface area contributed by atoms with E-state index < -0.39 is 15.9 Å². The Bertz CT molecular complexity index is 1470. The predicted molar refractivity (Wildman–Crippen MR) is 151 cm³/mol. The minimum absolute atomic E-state index is 0.0967. The maximum atomic E-state index is 12.8. The molecule has 0 aromatic heterocycles. The molecule has 2 unspecified atom stereocenters. The van der Waals surface area contributed by atoms with E-state index in [1.807, 2.05) is 30.3 Å². The fourth-order valence-electron chi connectivity index (χ4n) is 4.70. The Morgan fingerprint density at radius 3 is 2.25 bits per heavy atom. The van der Waals surface area contributed by atoms with Crippen molar-refractivity contribution in [1.82, 2.24) is 4.72 Å². The zero-order chi connectivity index (χ0) is 28.1. The number of carbonyl (C=O) groups excluding carboxylic acids is 3. The smallest absolute Gasteiger partial charge is 0.255 e. The third kappa shape index (κ3) is 6.56. The molecule has 2 aliphatic heterocycles. The van der Waals surface area contributed by atoms with Gasteiger partial charge in [0.2, 0.25) is 21.8 Å². The molecule has 0 aliphatic carbocycles. The van der Waals surface area contributed by atoms with Gasteiger partial charge in [-0.3, -0.25) is 14.4 Å². The molecule has 208 valence electrons. The Balaban J connectivity index is 1.13. The van der Waals surface area contributed by atoms with Gasteiger partial charge in [0.05, 0.1) is 16.9 Å². The Hall–Kier alpha value is -4.06. The average molecular weight is 563 g/mol. The van der Waals surface area contributed by atoms with Gasteiger partial charge < -0.3 is 20.3 Å². The second-order valence-electron chi connectivity index (χ2n) is 9.77. The Labute approximate surface area is 232 Å². The van der Waals surface area contributed by atoms with Crippen LogP contribution in [-0.4, -0.2) is 51.9 Å². The first-order valence-electron chi connectivity index (χ1n) is 13.1. The summed E-state index contributed by atoms with van der Waals surface area (Å²) in [7, 11) is -3.69. The SMILES string of the molecule is O=C(Nc1ccc(S(=O)(=O)NCC2CCCO2)cc1)c1ccc(NC(=O)C2CC(=O)N(c3ccccc3)C2)cc1. The molecule has 11 heteroatoms. The number of amides is 3. The third-order valence-electron chi connectivity index (χ3n) is 6.93. The van der Waals surface area contributed by atoms with Crippen LogP contribution in [0.3, 0.4) is 0 Å². The highest BCUT2D eigenvalue weighted by atomic mass is 32.2. The highest BCUT2D eigenvalue weighted by molar-refractivity contribution is 7.89. The number of nitrogens with zero attached hydrogens (tertiary/aromatic N) is 1. The number of anilines is 3. The van der Waals surface area contributed by atoms with E-state index in [2.05, 4.69) is 15.4 Å². The number of rotatable bonds is 9. The zero-order valence-electron chi connectivity index (χ0n) is 21.7. The summed E-state index contributed by atoms with van der Waals surface area (Å²) in [6.07, 6.45) is 1.78. The van der Waals surface area contributed by atoms with Crippen molar-refractivity contribution in [2.75, 3.05) is 35.2 Å². The van der Waals surface area contributed by atoms with Crippen molar-refractivity contribution in [1.29, 1.82) is 0 Å². The molecule has 0 saturated carbocycles. The first-order chi connectivity index (χ1) is 19.3. The first-order valence-corrected chi connectivity index (χ1v) is 14.6. The van der Waals surface area contributed by atoms with Crippen LogP contribution in [0.15, 0.2) is 83.8 Å². The predicted octanol–water partition coefficient (Wildman–Crippen LogP) is 3.39. The molecule has 2 heterocycles. The summed E-state index contributed by atoms with van der Waals surface area (Å²) < 4.78 is 33.1. The minimum Gasteiger partial charge on any atom is -0.377 e. The van der Waals surface area contributed by atoms with Crippen LogP contribution < -0.4 is 20.3 Å². The van der Waals surface area contributed by atoms with Crippen LogP contribution in [0.25, 0.3) is 0 Å². The summed E-state index contributed by atoms with van der Waals surface area (Å²) in [6.45, 7) is 1.18. The second-order valence-corrected chi connectivity index (χ2v) is 11.5. The molecule has 10 nitrogen and oxygen atoms in total. The molecule has 2 aliphatic rings. The number of ether oxygens (including phenoxy) is 1. The highest BCUT2D eigenvalue weighted by Crippen LogP contribution is 2.26. The molecule has 3 aromatic rings. The zero-order valence-corrected chi connectivity index (χ0v) is 22.5. The first kappa shape index (κ1) is 27.5. The molecule has 0 spiro atoms. The van der Waals surface area contributed by atoms with Gasteiger partial charge in [0.25, 0.3) is 5.91 Å². The van der Waals surface area contributed by atoms with E-state index in [4.69, 9.17) is 4.74 Å². The van der Waals surface area contributed by atoms with Gasteiger partial charge in [0.1, 0.15) is 0 Å². The molecule has 3 aromatic carbocycles. The Morgan fingerprint density at radius 1 is 0.900 bits per heavy atom. The fraction of sp³-hybridized carbons (Fsp3) is 0.276. The van der Waals surface area contributed by atoms with Gasteiger partial charge in [-0.2, -0.15) is 0 Å². The molecule has 0 radical (unpaired) electrons. The minimum atomic E-state index is -3.69. The molecular formula is C29H30N4O6S. The highest BCUT2D eigenvalue weighted by Gasteiger charge is 2.35. The topological polar surface area (TPSA) is 134 Å². The van der Waals surface area contributed by atoms with Gasteiger partial charge in [-0.15, -0.1) is 0 Å². The van der Waals surface area contributed by atoms with E-state index >= 15 is 0 Å². The molecule has 2 atom stereocenters. The van der Waals surface area contributed by atoms with Crippen LogP contribution in [0.1, 0.15) is 29.6 Å². The van der Waals surface area contributed by atoms with Crippen LogP contribution in [0.4, 0.5) is 17.1 Å². The molecular weight excluding hydrogens is 532 g/mol. The quantitative estimate of drug-likeness (QED) is 0.366. The lowest BCUT2D eigenvalue weighted by atomic mass is 10.1. The van der Waals surface area contributed by atoms with Crippen LogP contribution >= 0.6 is 0 Å². The van der Waals surface area contributed by atoms with Gasteiger partial charge >= 0.3 is 0 Å². The van der Waals surface area contributed by atoms with E-state index in [-0.39, 0.29) is 41.7 Å². The maximum Gasteiger partial charge on any atom is 0.255 e. The van der Waals surface area contributed by atoms with Crippen molar-refractivity contribution in [2.24, 2.45) is 5.92 Å². The number of sulfonamides is 1. The summed E-state index contributed by atoms with van der Waals surface area (Å²) in [6, 6.07) is 21.5. The van der Waals surface area contributed by atoms with E-state index in [1.165, 1.54) is 24.3 Å². The van der Waals surface area contributed by atoms with E-state index in [0.29, 0.717) is 30.1 Å². The van der Waals surface area contributed by atoms with Crippen LogP contribution in [0.2, 0.25) is 0 Å². The van der Waals surface area contributed by atoms with Crippen LogP contribution in [-0.2, 0) is 24.3 Å². The maximum absolute atomic E-state index is 12.8. The lowest BCUT2D eigenvalue weighted by Crippen LogP contribution is -2.31. The third-order valence-corrected chi connectivity index (χ3v) is 8.37. The van der Waals surface area contributed by atoms with Crippen molar-refractivity contribution < 1.29 is 27.5 Å². The normalized spacial score (nSPS) is 19.0. The van der Waals surface area contributed by atoms with Crippen LogP contribution in [0.5, 0.6) is 0 Å². The number of carbonyl (C=O) groups is 3. The number of hydrogen-bond donors (Lipinski definition) is 3. The molecule has 2 saturated heterocycles. The van der Waals surface area contributed by atoms with E-state index in [9.17, 15) is 22.8 Å². The molecule has 5 rings (SSSR count). The molecule has 3 amide bonds. The number of para-hydroxylation sites is 1. The summed E-state index contributed by atoms with van der Waals surface area (Å²) in [5.41, 5.74) is 2.08. The Kier molecular flexibility index (Phi) is 8.24. The fourth-order valence-corrected chi connectivity index (χ4v) is 5.77. The summed E-state index contributed by atoms with van der Waals surface area (Å²) in [5.74, 6) is -1.22. The Morgan fingerprint density at radius 2 is 1.57 bits per heavy atom. The molecule has 40 heavy (non-hydrogen) atoms. The van der Waals surface area contributed by atoms with Crippen molar-refractivity contribution in [3.63, 3.8) is 0 Å². The van der Waals surface area contributed by atoms with Gasteiger partial charge in [0, 0.05) is 48.7 Å². The van der Waals surface area contributed by atoms with Gasteiger partial charge in [0.15, 0.2) is 0 Å². The lowest BCUT2D eigenvalue weighted by Gasteiger charge is -2.16. The van der Waals surface area contributed by atoms with Crippen molar-refractivity contribution in [2.45, 2.75) is 30.3 Å². The molecule has 3 N–H and O–H groups in total. The largest absolute Gasteiger partial charge is 0.377 e. The van der Waals surface area contributed by atoms with E-state index in [0.717, 1.165) is 18.5 Å². The monoisotopic (exact) mass is 562 g/mol. The van der Waals surface area contributed by atoms with Gasteiger partial charge in [-0.25, -0.2) is 13.1 Å². The van der Waals surface area contributed by atoms with Gasteiger partial charge in [-0.05, 0) is 73.5 Å². The average Bonchev–Trinajstić information content (AvgIpc) is 3.63. The summed E-state index contributed by atoms with van der Waals surface area (Å²) in [4.78, 5) is 39.6. The van der Waals surface area contributed by atoms with Crippen molar-refractivity contribution >= 4 is 44.8 Å². The van der Waals surface area contributed by atoms with Crippen molar-refractivity contribution in [3.05, 3.63) is 84.4 Å². The molecule has 2 fully saturated rings. The molecule has 0 bridgehead atoms. The van der Waals surface area contributed by atoms with Gasteiger partial charge in [-0.1, -0.05) is 18.2 Å².